The quantitative estimate of drug-likeness (QED) is 0.851. The molecule has 0 saturated carbocycles. The van der Waals surface area contributed by atoms with Gasteiger partial charge in [-0.15, -0.1) is 0 Å². The lowest BCUT2D eigenvalue weighted by Crippen LogP contribution is -2.19. The number of aliphatic hydroxyl groups excluding tert-OH is 1. The summed E-state index contributed by atoms with van der Waals surface area (Å²) >= 11 is 0. The van der Waals surface area contributed by atoms with E-state index in [0.717, 1.165) is 24.3 Å². The van der Waals surface area contributed by atoms with E-state index >= 15 is 0 Å². The van der Waals surface area contributed by atoms with Gasteiger partial charge in [0.25, 0.3) is 0 Å². The van der Waals surface area contributed by atoms with Crippen molar-refractivity contribution in [2.45, 2.75) is 25.6 Å². The van der Waals surface area contributed by atoms with E-state index in [2.05, 4.69) is 0 Å². The smallest absolute Gasteiger partial charge is 0.118 e. The molecule has 16 heavy (non-hydrogen) atoms. The summed E-state index contributed by atoms with van der Waals surface area (Å²) in [6.07, 6.45) is 0.620. The Labute approximate surface area is 96.0 Å². The number of hydrogen-bond acceptors (Lipinski definition) is 3. The van der Waals surface area contributed by atoms with Gasteiger partial charge < -0.3 is 14.6 Å². The summed E-state index contributed by atoms with van der Waals surface area (Å²) in [6.45, 7) is 2.77. The number of ether oxygens (including phenoxy) is 2. The Morgan fingerprint density at radius 1 is 1.38 bits per heavy atom. The molecule has 1 aliphatic heterocycles. The number of benzene rings is 1. The third kappa shape index (κ3) is 2.20. The first-order valence-electron chi connectivity index (χ1n) is 5.66. The van der Waals surface area contributed by atoms with Crippen LogP contribution in [0, 0.1) is 5.92 Å². The van der Waals surface area contributed by atoms with Crippen molar-refractivity contribution >= 4 is 0 Å². The molecule has 1 N–H and O–H groups in total. The third-order valence-electron chi connectivity index (χ3n) is 3.30. The average Bonchev–Trinajstić information content (AvgIpc) is 2.75. The van der Waals surface area contributed by atoms with E-state index in [9.17, 15) is 5.11 Å². The number of aliphatic hydroxyl groups is 1. The van der Waals surface area contributed by atoms with E-state index in [4.69, 9.17) is 9.47 Å². The Kier molecular flexibility index (Phi) is 3.46. The van der Waals surface area contributed by atoms with Crippen molar-refractivity contribution in [3.63, 3.8) is 0 Å². The van der Waals surface area contributed by atoms with Gasteiger partial charge in [0.15, 0.2) is 0 Å². The molecular formula is C13H18O3. The van der Waals surface area contributed by atoms with Crippen LogP contribution in [-0.2, 0) is 4.74 Å². The molecule has 3 atom stereocenters. The molecule has 0 bridgehead atoms. The van der Waals surface area contributed by atoms with E-state index in [1.54, 1.807) is 7.11 Å². The molecule has 1 aromatic carbocycles. The van der Waals surface area contributed by atoms with E-state index in [1.165, 1.54) is 0 Å². The summed E-state index contributed by atoms with van der Waals surface area (Å²) in [5, 5.41) is 10.2. The second-order valence-electron chi connectivity index (χ2n) is 4.25. The van der Waals surface area contributed by atoms with Gasteiger partial charge in [0.1, 0.15) is 5.75 Å². The molecular weight excluding hydrogens is 204 g/mol. The molecule has 0 spiro atoms. The zero-order valence-electron chi connectivity index (χ0n) is 9.72. The monoisotopic (exact) mass is 222 g/mol. The predicted octanol–water partition coefficient (Wildman–Crippen LogP) is 2.15. The zero-order valence-corrected chi connectivity index (χ0v) is 9.72. The van der Waals surface area contributed by atoms with Crippen molar-refractivity contribution < 1.29 is 14.6 Å². The molecule has 0 radical (unpaired) electrons. The number of hydrogen-bond donors (Lipinski definition) is 1. The standard InChI is InChI=1S/C13H18O3/c1-9-12(7-8-16-9)13(14)10-3-5-11(15-2)6-4-10/h3-6,9,12-14H,7-8H2,1-2H3. The van der Waals surface area contributed by atoms with Crippen LogP contribution in [0.25, 0.3) is 0 Å². The molecule has 0 amide bonds. The molecule has 1 aromatic rings. The second kappa shape index (κ2) is 4.85. The molecule has 1 fully saturated rings. The van der Waals surface area contributed by atoms with E-state index in [-0.39, 0.29) is 12.0 Å². The largest absolute Gasteiger partial charge is 0.497 e. The number of methoxy groups -OCH3 is 1. The molecule has 3 heteroatoms. The van der Waals surface area contributed by atoms with Crippen LogP contribution in [0.3, 0.4) is 0 Å². The Morgan fingerprint density at radius 3 is 2.56 bits per heavy atom. The van der Waals surface area contributed by atoms with Gasteiger partial charge in [0.05, 0.1) is 19.3 Å². The van der Waals surface area contributed by atoms with Gasteiger partial charge in [-0.05, 0) is 31.0 Å². The third-order valence-corrected chi connectivity index (χ3v) is 3.30. The molecule has 0 aliphatic carbocycles. The Morgan fingerprint density at radius 2 is 2.06 bits per heavy atom. The Bertz CT molecular complexity index is 334. The van der Waals surface area contributed by atoms with Gasteiger partial charge >= 0.3 is 0 Å². The lowest BCUT2D eigenvalue weighted by atomic mass is 9.91. The normalized spacial score (nSPS) is 26.7. The summed E-state index contributed by atoms with van der Waals surface area (Å²) in [6, 6.07) is 7.57. The van der Waals surface area contributed by atoms with Crippen LogP contribution in [0.1, 0.15) is 25.0 Å². The summed E-state index contributed by atoms with van der Waals surface area (Å²) in [5.74, 6) is 1.01. The summed E-state index contributed by atoms with van der Waals surface area (Å²) in [4.78, 5) is 0. The molecule has 2 rings (SSSR count). The van der Waals surface area contributed by atoms with Crippen LogP contribution in [-0.4, -0.2) is 24.9 Å². The van der Waals surface area contributed by atoms with Gasteiger partial charge in [0.2, 0.25) is 0 Å². The van der Waals surface area contributed by atoms with Gasteiger partial charge in [-0.3, -0.25) is 0 Å². The second-order valence-corrected chi connectivity index (χ2v) is 4.25. The zero-order chi connectivity index (χ0) is 11.5. The van der Waals surface area contributed by atoms with E-state index < -0.39 is 6.10 Å². The maximum atomic E-state index is 10.2. The lowest BCUT2D eigenvalue weighted by molar-refractivity contribution is 0.0431. The average molecular weight is 222 g/mol. The van der Waals surface area contributed by atoms with Crippen molar-refractivity contribution in [3.05, 3.63) is 29.8 Å². The minimum atomic E-state index is -0.441. The minimum Gasteiger partial charge on any atom is -0.497 e. The number of rotatable bonds is 3. The van der Waals surface area contributed by atoms with Crippen LogP contribution < -0.4 is 4.74 Å². The Balaban J connectivity index is 2.10. The highest BCUT2D eigenvalue weighted by atomic mass is 16.5. The van der Waals surface area contributed by atoms with Crippen molar-refractivity contribution in [3.8, 4) is 5.75 Å². The molecule has 1 heterocycles. The molecule has 3 unspecified atom stereocenters. The van der Waals surface area contributed by atoms with E-state index in [1.807, 2.05) is 31.2 Å². The first-order chi connectivity index (χ1) is 7.72. The maximum Gasteiger partial charge on any atom is 0.118 e. The molecule has 1 aliphatic rings. The van der Waals surface area contributed by atoms with Crippen LogP contribution >= 0.6 is 0 Å². The van der Waals surface area contributed by atoms with Crippen LogP contribution in [0.4, 0.5) is 0 Å². The highest BCUT2D eigenvalue weighted by Gasteiger charge is 2.31. The fourth-order valence-corrected chi connectivity index (χ4v) is 2.21. The first-order valence-corrected chi connectivity index (χ1v) is 5.66. The molecule has 3 nitrogen and oxygen atoms in total. The summed E-state index contributed by atoms with van der Waals surface area (Å²) < 4.78 is 10.6. The maximum absolute atomic E-state index is 10.2. The van der Waals surface area contributed by atoms with Crippen LogP contribution in [0.15, 0.2) is 24.3 Å². The van der Waals surface area contributed by atoms with Gasteiger partial charge in [-0.1, -0.05) is 12.1 Å². The molecule has 1 saturated heterocycles. The van der Waals surface area contributed by atoms with Gasteiger partial charge in [0, 0.05) is 12.5 Å². The minimum absolute atomic E-state index is 0.136. The van der Waals surface area contributed by atoms with Crippen LogP contribution in [0.5, 0.6) is 5.75 Å². The topological polar surface area (TPSA) is 38.7 Å². The summed E-state index contributed by atoms with van der Waals surface area (Å²) in [7, 11) is 1.64. The van der Waals surface area contributed by atoms with Crippen molar-refractivity contribution in [1.29, 1.82) is 0 Å². The molecule has 0 aromatic heterocycles. The van der Waals surface area contributed by atoms with Crippen molar-refractivity contribution in [1.82, 2.24) is 0 Å². The predicted molar refractivity (Wildman–Crippen MR) is 61.5 cm³/mol. The highest BCUT2D eigenvalue weighted by Crippen LogP contribution is 2.33. The highest BCUT2D eigenvalue weighted by molar-refractivity contribution is 5.28. The van der Waals surface area contributed by atoms with Gasteiger partial charge in [-0.25, -0.2) is 0 Å². The van der Waals surface area contributed by atoms with Gasteiger partial charge in [-0.2, -0.15) is 0 Å². The fraction of sp³-hybridized carbons (Fsp3) is 0.538. The van der Waals surface area contributed by atoms with Crippen molar-refractivity contribution in [2.75, 3.05) is 13.7 Å². The van der Waals surface area contributed by atoms with E-state index in [0.29, 0.717) is 0 Å². The van der Waals surface area contributed by atoms with Crippen molar-refractivity contribution in [2.24, 2.45) is 5.92 Å². The first kappa shape index (κ1) is 11.4. The fourth-order valence-electron chi connectivity index (χ4n) is 2.21. The summed E-state index contributed by atoms with van der Waals surface area (Å²) in [5.41, 5.74) is 0.933. The Hall–Kier alpha value is -1.06. The lowest BCUT2D eigenvalue weighted by Gasteiger charge is -2.21. The van der Waals surface area contributed by atoms with Crippen LogP contribution in [0.2, 0.25) is 0 Å². The SMILES string of the molecule is COc1ccc(C(O)C2CCOC2C)cc1. The molecule has 88 valence electrons.